The van der Waals surface area contributed by atoms with Crippen molar-refractivity contribution < 1.29 is 4.74 Å². The lowest BCUT2D eigenvalue weighted by molar-refractivity contribution is 0.294. The Bertz CT molecular complexity index is 467. The molecule has 0 radical (unpaired) electrons. The van der Waals surface area contributed by atoms with E-state index in [0.29, 0.717) is 25.0 Å². The van der Waals surface area contributed by atoms with E-state index in [1.54, 1.807) is 6.20 Å². The van der Waals surface area contributed by atoms with Crippen molar-refractivity contribution in [3.8, 4) is 5.88 Å². The topological polar surface area (TPSA) is 63.7 Å². The number of hydrogen-bond acceptors (Lipinski definition) is 4. The molecule has 1 aliphatic heterocycles. The van der Waals surface area contributed by atoms with Gasteiger partial charge in [-0.2, -0.15) is 11.8 Å². The zero-order valence-corrected chi connectivity index (χ0v) is 16.2. The number of ether oxygens (including phenoxy) is 1. The number of thioether (sulfide) groups is 1. The monoisotopic (exact) mass is 436 g/mol. The van der Waals surface area contributed by atoms with E-state index in [1.165, 1.54) is 0 Å². The molecule has 22 heavy (non-hydrogen) atoms. The van der Waals surface area contributed by atoms with Crippen LogP contribution < -0.4 is 10.5 Å². The standard InChI is InChI=1S/C15H24N4OS.HI/c1-2-3-9-20-14-13(5-4-6-17-14)12-18-15(16)19-7-10-21-11-8-19;/h4-6H,2-3,7-12H2,1H3,(H2,16,18);1H. The largest absolute Gasteiger partial charge is 0.477 e. The van der Waals surface area contributed by atoms with Gasteiger partial charge in [0.05, 0.1) is 13.2 Å². The third kappa shape index (κ3) is 6.20. The van der Waals surface area contributed by atoms with Gasteiger partial charge in [0.1, 0.15) is 0 Å². The van der Waals surface area contributed by atoms with Gasteiger partial charge in [-0.05, 0) is 12.5 Å². The number of aliphatic imine (C=N–C) groups is 1. The molecular formula is C15H25IN4OS. The number of aromatic nitrogens is 1. The van der Waals surface area contributed by atoms with Crippen molar-refractivity contribution in [2.45, 2.75) is 26.3 Å². The smallest absolute Gasteiger partial charge is 0.218 e. The molecular weight excluding hydrogens is 411 g/mol. The van der Waals surface area contributed by atoms with Crippen molar-refractivity contribution in [3.63, 3.8) is 0 Å². The second-order valence-electron chi connectivity index (χ2n) is 4.94. The highest BCUT2D eigenvalue weighted by atomic mass is 127. The average molecular weight is 436 g/mol. The van der Waals surface area contributed by atoms with Gasteiger partial charge >= 0.3 is 0 Å². The second kappa shape index (κ2) is 10.9. The number of pyridine rings is 1. The van der Waals surface area contributed by atoms with E-state index in [4.69, 9.17) is 10.5 Å². The molecule has 0 unspecified atom stereocenters. The number of halogens is 1. The van der Waals surface area contributed by atoms with Crippen LogP contribution in [0.15, 0.2) is 23.3 Å². The lowest BCUT2D eigenvalue weighted by Gasteiger charge is -2.27. The van der Waals surface area contributed by atoms with Gasteiger partial charge in [-0.25, -0.2) is 9.98 Å². The van der Waals surface area contributed by atoms with Crippen LogP contribution in [0.5, 0.6) is 5.88 Å². The third-order valence-electron chi connectivity index (χ3n) is 3.33. The molecule has 1 saturated heterocycles. The highest BCUT2D eigenvalue weighted by Crippen LogP contribution is 2.16. The molecule has 0 aliphatic carbocycles. The molecule has 2 rings (SSSR count). The molecule has 0 bridgehead atoms. The van der Waals surface area contributed by atoms with Crippen LogP contribution in [0.4, 0.5) is 0 Å². The highest BCUT2D eigenvalue weighted by molar-refractivity contribution is 14.0. The van der Waals surface area contributed by atoms with Crippen molar-refractivity contribution >= 4 is 41.7 Å². The third-order valence-corrected chi connectivity index (χ3v) is 4.28. The number of hydrogen-bond donors (Lipinski definition) is 1. The van der Waals surface area contributed by atoms with Crippen molar-refractivity contribution in [2.24, 2.45) is 10.7 Å². The van der Waals surface area contributed by atoms with E-state index in [-0.39, 0.29) is 24.0 Å². The summed E-state index contributed by atoms with van der Waals surface area (Å²) in [6, 6.07) is 3.91. The number of guanidine groups is 1. The molecule has 0 atom stereocenters. The van der Waals surface area contributed by atoms with Crippen molar-refractivity contribution in [1.82, 2.24) is 9.88 Å². The molecule has 0 amide bonds. The summed E-state index contributed by atoms with van der Waals surface area (Å²) < 4.78 is 5.72. The van der Waals surface area contributed by atoms with Gasteiger partial charge in [-0.1, -0.05) is 19.4 Å². The fourth-order valence-electron chi connectivity index (χ4n) is 2.05. The molecule has 0 aromatic carbocycles. The Morgan fingerprint density at radius 1 is 1.45 bits per heavy atom. The summed E-state index contributed by atoms with van der Waals surface area (Å²) in [5.41, 5.74) is 7.06. The Morgan fingerprint density at radius 2 is 2.23 bits per heavy atom. The Labute approximate surface area is 154 Å². The second-order valence-corrected chi connectivity index (χ2v) is 6.17. The van der Waals surface area contributed by atoms with Crippen LogP contribution in [0.2, 0.25) is 0 Å². The van der Waals surface area contributed by atoms with Gasteiger partial charge in [0, 0.05) is 36.4 Å². The highest BCUT2D eigenvalue weighted by Gasteiger charge is 2.12. The molecule has 1 aliphatic rings. The van der Waals surface area contributed by atoms with Gasteiger partial charge in [0.15, 0.2) is 5.96 Å². The lowest BCUT2D eigenvalue weighted by Crippen LogP contribution is -2.42. The van der Waals surface area contributed by atoms with E-state index >= 15 is 0 Å². The van der Waals surface area contributed by atoms with Crippen LogP contribution in [0.1, 0.15) is 25.3 Å². The minimum Gasteiger partial charge on any atom is -0.477 e. The number of nitrogens with two attached hydrogens (primary N) is 1. The van der Waals surface area contributed by atoms with Crippen LogP contribution in [0, 0.1) is 0 Å². The van der Waals surface area contributed by atoms with E-state index in [9.17, 15) is 0 Å². The first-order valence-corrected chi connectivity index (χ1v) is 8.66. The van der Waals surface area contributed by atoms with E-state index in [1.807, 2.05) is 23.9 Å². The van der Waals surface area contributed by atoms with Crippen LogP contribution in [0.25, 0.3) is 0 Å². The molecule has 124 valence electrons. The van der Waals surface area contributed by atoms with Crippen LogP contribution >= 0.6 is 35.7 Å². The lowest BCUT2D eigenvalue weighted by atomic mass is 10.2. The Hall–Kier alpha value is -0.700. The fourth-order valence-corrected chi connectivity index (χ4v) is 2.95. The van der Waals surface area contributed by atoms with Gasteiger partial charge in [0.2, 0.25) is 5.88 Å². The molecule has 0 spiro atoms. The summed E-state index contributed by atoms with van der Waals surface area (Å²) >= 11 is 1.96. The molecule has 0 saturated carbocycles. The van der Waals surface area contributed by atoms with Gasteiger partial charge < -0.3 is 15.4 Å². The maximum absolute atomic E-state index is 6.07. The normalized spacial score (nSPS) is 15.3. The molecule has 2 N–H and O–H groups in total. The predicted octanol–water partition coefficient (Wildman–Crippen LogP) is 2.74. The quantitative estimate of drug-likeness (QED) is 0.322. The molecule has 1 aromatic heterocycles. The first-order chi connectivity index (χ1) is 10.3. The van der Waals surface area contributed by atoms with Crippen LogP contribution in [0.3, 0.4) is 0 Å². The van der Waals surface area contributed by atoms with Crippen molar-refractivity contribution in [1.29, 1.82) is 0 Å². The molecule has 7 heteroatoms. The zero-order valence-electron chi connectivity index (χ0n) is 13.0. The van der Waals surface area contributed by atoms with Gasteiger partial charge in [0.25, 0.3) is 0 Å². The SMILES string of the molecule is CCCCOc1ncccc1CN=C(N)N1CCSCC1.I. The predicted molar refractivity (Wildman–Crippen MR) is 104 cm³/mol. The molecule has 5 nitrogen and oxygen atoms in total. The number of unbranched alkanes of at least 4 members (excludes halogenated alkanes) is 1. The first-order valence-electron chi connectivity index (χ1n) is 7.50. The molecule has 1 aromatic rings. The first kappa shape index (κ1) is 19.3. The van der Waals surface area contributed by atoms with Crippen LogP contribution in [-0.4, -0.2) is 47.0 Å². The summed E-state index contributed by atoms with van der Waals surface area (Å²) in [5, 5.41) is 0. The van der Waals surface area contributed by atoms with E-state index < -0.39 is 0 Å². The van der Waals surface area contributed by atoms with E-state index in [2.05, 4.69) is 21.8 Å². The summed E-state index contributed by atoms with van der Waals surface area (Å²) in [4.78, 5) is 10.9. The van der Waals surface area contributed by atoms with Crippen molar-refractivity contribution in [2.75, 3.05) is 31.2 Å². The minimum atomic E-state index is 0. The Kier molecular flexibility index (Phi) is 9.61. The fraction of sp³-hybridized carbons (Fsp3) is 0.600. The Balaban J connectivity index is 0.00000242. The molecule has 1 fully saturated rings. The maximum atomic E-state index is 6.07. The van der Waals surface area contributed by atoms with Gasteiger partial charge in [-0.3, -0.25) is 0 Å². The minimum absolute atomic E-state index is 0. The van der Waals surface area contributed by atoms with Crippen molar-refractivity contribution in [3.05, 3.63) is 23.9 Å². The van der Waals surface area contributed by atoms with Crippen LogP contribution in [-0.2, 0) is 6.54 Å². The van der Waals surface area contributed by atoms with E-state index in [0.717, 1.165) is 43.0 Å². The maximum Gasteiger partial charge on any atom is 0.218 e. The molecule has 2 heterocycles. The van der Waals surface area contributed by atoms with Gasteiger partial charge in [-0.15, -0.1) is 24.0 Å². The summed E-state index contributed by atoms with van der Waals surface area (Å²) in [5.74, 6) is 3.54. The number of nitrogens with zero attached hydrogens (tertiary/aromatic N) is 3. The summed E-state index contributed by atoms with van der Waals surface area (Å²) in [6.45, 7) is 5.32. The summed E-state index contributed by atoms with van der Waals surface area (Å²) in [6.07, 6.45) is 3.90. The number of rotatable bonds is 6. The Morgan fingerprint density at radius 3 is 2.95 bits per heavy atom. The average Bonchev–Trinajstić information content (AvgIpc) is 2.54. The zero-order chi connectivity index (χ0) is 14.9. The summed E-state index contributed by atoms with van der Waals surface area (Å²) in [7, 11) is 0.